The molecule has 0 saturated heterocycles. The summed E-state index contributed by atoms with van der Waals surface area (Å²) in [6.07, 6.45) is 3.38. The largest absolute Gasteiger partial charge is 0.493 e. The van der Waals surface area contributed by atoms with Gasteiger partial charge in [-0.05, 0) is 29.8 Å². The molecule has 1 amide bonds. The summed E-state index contributed by atoms with van der Waals surface area (Å²) in [5, 5.41) is 1.32. The van der Waals surface area contributed by atoms with Gasteiger partial charge >= 0.3 is 0 Å². The van der Waals surface area contributed by atoms with Crippen molar-refractivity contribution in [3.63, 3.8) is 0 Å². The number of benzene rings is 2. The highest BCUT2D eigenvalue weighted by Gasteiger charge is 2.22. The summed E-state index contributed by atoms with van der Waals surface area (Å²) >= 11 is 13.5. The zero-order chi connectivity index (χ0) is 23.4. The highest BCUT2D eigenvalue weighted by atomic mass is 35.5. The van der Waals surface area contributed by atoms with E-state index in [4.69, 9.17) is 37.4 Å². The third kappa shape index (κ3) is 5.30. The first-order valence-corrected chi connectivity index (χ1v) is 11.4. The second-order valence-electron chi connectivity index (χ2n) is 6.88. The lowest BCUT2D eigenvalue weighted by molar-refractivity contribution is -0.120. The van der Waals surface area contributed by atoms with Crippen molar-refractivity contribution in [2.75, 3.05) is 25.7 Å². The number of carbonyl (C=O) groups is 1. The SMILES string of the molecule is COc1cc2nc(N(Cc3cccnc3)C(=O)COc3ccc(Cl)cc3Cl)sc2cc1OC. The van der Waals surface area contributed by atoms with E-state index in [1.54, 1.807) is 55.8 Å². The number of methoxy groups -OCH3 is 2. The van der Waals surface area contributed by atoms with E-state index in [-0.39, 0.29) is 19.1 Å². The van der Waals surface area contributed by atoms with E-state index in [0.717, 1.165) is 10.3 Å². The van der Waals surface area contributed by atoms with Crippen LogP contribution in [0.1, 0.15) is 5.56 Å². The molecular weight excluding hydrogens is 485 g/mol. The average molecular weight is 504 g/mol. The van der Waals surface area contributed by atoms with Gasteiger partial charge in [0.15, 0.2) is 23.2 Å². The third-order valence-electron chi connectivity index (χ3n) is 4.72. The molecular formula is C23H19Cl2N3O4S. The second kappa shape index (κ2) is 10.2. The molecule has 4 aromatic rings. The normalized spacial score (nSPS) is 10.8. The van der Waals surface area contributed by atoms with Crippen LogP contribution in [0.4, 0.5) is 5.13 Å². The van der Waals surface area contributed by atoms with Crippen molar-refractivity contribution >= 4 is 55.8 Å². The number of anilines is 1. The first-order valence-electron chi connectivity index (χ1n) is 9.78. The van der Waals surface area contributed by atoms with Gasteiger partial charge in [0.2, 0.25) is 0 Å². The van der Waals surface area contributed by atoms with Crippen molar-refractivity contribution in [1.82, 2.24) is 9.97 Å². The fraction of sp³-hybridized carbons (Fsp3) is 0.174. The lowest BCUT2D eigenvalue weighted by Crippen LogP contribution is -2.34. The quantitative estimate of drug-likeness (QED) is 0.310. The number of hydrogen-bond donors (Lipinski definition) is 0. The van der Waals surface area contributed by atoms with E-state index in [0.29, 0.717) is 37.9 Å². The van der Waals surface area contributed by atoms with E-state index < -0.39 is 0 Å². The maximum absolute atomic E-state index is 13.3. The highest BCUT2D eigenvalue weighted by molar-refractivity contribution is 7.22. The van der Waals surface area contributed by atoms with Gasteiger partial charge in [-0.1, -0.05) is 40.6 Å². The molecule has 2 aromatic carbocycles. The molecule has 4 rings (SSSR count). The highest BCUT2D eigenvalue weighted by Crippen LogP contribution is 2.37. The van der Waals surface area contributed by atoms with Gasteiger partial charge in [-0.3, -0.25) is 14.7 Å². The minimum Gasteiger partial charge on any atom is -0.493 e. The number of fused-ring (bicyclic) bond motifs is 1. The molecule has 0 saturated carbocycles. The van der Waals surface area contributed by atoms with Crippen molar-refractivity contribution in [2.45, 2.75) is 6.54 Å². The van der Waals surface area contributed by atoms with Gasteiger partial charge in [0.05, 0.1) is 36.0 Å². The molecule has 0 atom stereocenters. The predicted octanol–water partition coefficient (Wildman–Crippen LogP) is 5.63. The third-order valence-corrected chi connectivity index (χ3v) is 6.29. The van der Waals surface area contributed by atoms with Gasteiger partial charge in [0.1, 0.15) is 5.75 Å². The lowest BCUT2D eigenvalue weighted by atomic mass is 10.2. The maximum atomic E-state index is 13.3. The van der Waals surface area contributed by atoms with Gasteiger partial charge in [0.25, 0.3) is 5.91 Å². The van der Waals surface area contributed by atoms with Crippen molar-refractivity contribution in [3.8, 4) is 17.2 Å². The summed E-state index contributed by atoms with van der Waals surface area (Å²) in [7, 11) is 3.14. The summed E-state index contributed by atoms with van der Waals surface area (Å²) in [6.45, 7) is 0.0443. The summed E-state index contributed by atoms with van der Waals surface area (Å²) in [5.41, 5.74) is 1.54. The Morgan fingerprint density at radius 2 is 1.85 bits per heavy atom. The summed E-state index contributed by atoms with van der Waals surface area (Å²) in [4.78, 5) is 23.6. The van der Waals surface area contributed by atoms with Crippen LogP contribution in [0.2, 0.25) is 10.0 Å². The first-order chi connectivity index (χ1) is 16.0. The molecule has 0 spiro atoms. The van der Waals surface area contributed by atoms with Crippen LogP contribution in [0.25, 0.3) is 10.2 Å². The molecule has 0 fully saturated rings. The molecule has 7 nitrogen and oxygen atoms in total. The molecule has 0 aliphatic rings. The fourth-order valence-electron chi connectivity index (χ4n) is 3.10. The van der Waals surface area contributed by atoms with E-state index in [9.17, 15) is 4.79 Å². The van der Waals surface area contributed by atoms with Crippen LogP contribution in [-0.2, 0) is 11.3 Å². The molecule has 2 aromatic heterocycles. The summed E-state index contributed by atoms with van der Waals surface area (Å²) in [5.74, 6) is 1.23. The number of halogens is 2. The van der Waals surface area contributed by atoms with Crippen LogP contribution in [0.15, 0.2) is 54.9 Å². The molecule has 0 unspecified atom stereocenters. The molecule has 0 aliphatic carbocycles. The predicted molar refractivity (Wildman–Crippen MR) is 130 cm³/mol. The molecule has 0 bridgehead atoms. The molecule has 0 radical (unpaired) electrons. The number of ether oxygens (including phenoxy) is 3. The standard InChI is InChI=1S/C23H19Cl2N3O4S/c1-30-19-9-17-21(10-20(19)31-2)33-23(27-17)28(12-14-4-3-7-26-11-14)22(29)13-32-18-6-5-15(24)8-16(18)25/h3-11H,12-13H2,1-2H3. The average Bonchev–Trinajstić information content (AvgIpc) is 3.24. The van der Waals surface area contributed by atoms with Crippen LogP contribution < -0.4 is 19.1 Å². The molecule has 2 heterocycles. The van der Waals surface area contributed by atoms with Gasteiger partial charge in [-0.2, -0.15) is 0 Å². The van der Waals surface area contributed by atoms with Gasteiger partial charge < -0.3 is 14.2 Å². The fourth-order valence-corrected chi connectivity index (χ4v) is 4.56. The van der Waals surface area contributed by atoms with E-state index >= 15 is 0 Å². The number of carbonyl (C=O) groups excluding carboxylic acids is 1. The zero-order valence-electron chi connectivity index (χ0n) is 17.7. The molecule has 33 heavy (non-hydrogen) atoms. The van der Waals surface area contributed by atoms with Crippen LogP contribution in [-0.4, -0.2) is 36.7 Å². The van der Waals surface area contributed by atoms with Crippen LogP contribution in [0.5, 0.6) is 17.2 Å². The van der Waals surface area contributed by atoms with E-state index in [1.807, 2.05) is 18.2 Å². The first kappa shape index (κ1) is 23.1. The second-order valence-corrected chi connectivity index (χ2v) is 8.73. The topological polar surface area (TPSA) is 73.8 Å². The Morgan fingerprint density at radius 3 is 2.55 bits per heavy atom. The van der Waals surface area contributed by atoms with Gasteiger partial charge in [-0.25, -0.2) is 4.98 Å². The number of pyridine rings is 1. The minimum absolute atomic E-state index is 0.232. The molecule has 0 aliphatic heterocycles. The number of thiazole rings is 1. The number of aromatic nitrogens is 2. The van der Waals surface area contributed by atoms with Gasteiger partial charge in [0, 0.05) is 29.5 Å². The van der Waals surface area contributed by atoms with Crippen molar-refractivity contribution < 1.29 is 19.0 Å². The number of amides is 1. The molecule has 0 N–H and O–H groups in total. The van der Waals surface area contributed by atoms with Crippen LogP contribution in [0, 0.1) is 0 Å². The van der Waals surface area contributed by atoms with Crippen LogP contribution in [0.3, 0.4) is 0 Å². The Kier molecular flexibility index (Phi) is 7.17. The number of nitrogens with zero attached hydrogens (tertiary/aromatic N) is 3. The van der Waals surface area contributed by atoms with E-state index in [2.05, 4.69) is 9.97 Å². The number of rotatable bonds is 8. The van der Waals surface area contributed by atoms with E-state index in [1.165, 1.54) is 11.3 Å². The summed E-state index contributed by atoms with van der Waals surface area (Å²) < 4.78 is 17.3. The monoisotopic (exact) mass is 503 g/mol. The Balaban J connectivity index is 1.65. The zero-order valence-corrected chi connectivity index (χ0v) is 20.1. The smallest absolute Gasteiger partial charge is 0.267 e. The number of hydrogen-bond acceptors (Lipinski definition) is 7. The Hall–Kier alpha value is -3.07. The molecule has 10 heteroatoms. The lowest BCUT2D eigenvalue weighted by Gasteiger charge is -2.20. The van der Waals surface area contributed by atoms with Crippen molar-refractivity contribution in [1.29, 1.82) is 0 Å². The van der Waals surface area contributed by atoms with Gasteiger partial charge in [-0.15, -0.1) is 0 Å². The van der Waals surface area contributed by atoms with Crippen molar-refractivity contribution in [3.05, 3.63) is 70.5 Å². The Labute approximate surface area is 204 Å². The summed E-state index contributed by atoms with van der Waals surface area (Å²) in [6, 6.07) is 12.2. The maximum Gasteiger partial charge on any atom is 0.267 e. The van der Waals surface area contributed by atoms with Crippen molar-refractivity contribution in [2.24, 2.45) is 0 Å². The minimum atomic E-state index is -0.289. The molecule has 170 valence electrons. The Morgan fingerprint density at radius 1 is 1.06 bits per heavy atom. The van der Waals surface area contributed by atoms with Crippen LogP contribution >= 0.6 is 34.5 Å². The Bertz CT molecular complexity index is 1240.